The zero-order chi connectivity index (χ0) is 15.2. The van der Waals surface area contributed by atoms with Crippen molar-refractivity contribution in [2.75, 3.05) is 6.54 Å². The molecule has 5 nitrogen and oxygen atoms in total. The van der Waals surface area contributed by atoms with Gasteiger partial charge in [-0.15, -0.1) is 5.12 Å². The standard InChI is InChI=1S/C14H20ClN5S/c1-2-3-4-9-17-20-14(16)18-13(19(20)10-21)11-5-7-12(15)8-6-11/h5-8,10,14,17H,2-4,9,16H2,1H3. The van der Waals surface area contributed by atoms with Crippen LogP contribution in [-0.4, -0.2) is 34.3 Å². The molecule has 0 spiro atoms. The minimum atomic E-state index is -0.489. The first kappa shape index (κ1) is 16.3. The summed E-state index contributed by atoms with van der Waals surface area (Å²) in [6.07, 6.45) is 2.95. The van der Waals surface area contributed by atoms with E-state index in [9.17, 15) is 0 Å². The van der Waals surface area contributed by atoms with Crippen molar-refractivity contribution in [3.8, 4) is 0 Å². The van der Waals surface area contributed by atoms with Gasteiger partial charge in [-0.2, -0.15) is 0 Å². The molecule has 0 aromatic heterocycles. The molecular weight excluding hydrogens is 306 g/mol. The average Bonchev–Trinajstić information content (AvgIpc) is 2.80. The Morgan fingerprint density at radius 3 is 2.71 bits per heavy atom. The summed E-state index contributed by atoms with van der Waals surface area (Å²) in [6, 6.07) is 7.45. The molecule has 7 heteroatoms. The van der Waals surface area contributed by atoms with Crippen LogP contribution in [0.1, 0.15) is 31.7 Å². The van der Waals surface area contributed by atoms with E-state index in [-0.39, 0.29) is 0 Å². The fraction of sp³-hybridized carbons (Fsp3) is 0.429. The summed E-state index contributed by atoms with van der Waals surface area (Å²) < 4.78 is 0. The molecule has 1 unspecified atom stereocenters. The molecule has 1 aliphatic heterocycles. The quantitative estimate of drug-likeness (QED) is 0.596. The molecule has 1 heterocycles. The molecule has 2 rings (SSSR count). The second-order valence-corrected chi connectivity index (χ2v) is 5.43. The maximum Gasteiger partial charge on any atom is 0.187 e. The van der Waals surface area contributed by atoms with Crippen LogP contribution in [0.5, 0.6) is 0 Å². The lowest BCUT2D eigenvalue weighted by molar-refractivity contribution is 0.0283. The summed E-state index contributed by atoms with van der Waals surface area (Å²) >= 11 is 11.0. The van der Waals surface area contributed by atoms with Crippen molar-refractivity contribution in [3.63, 3.8) is 0 Å². The molecule has 0 aliphatic carbocycles. The van der Waals surface area contributed by atoms with Crippen LogP contribution in [0.4, 0.5) is 0 Å². The van der Waals surface area contributed by atoms with Gasteiger partial charge in [0.2, 0.25) is 0 Å². The SMILES string of the molecule is CCCCCNN1C(N)N=C(c2ccc(Cl)cc2)N1C=S. The van der Waals surface area contributed by atoms with Gasteiger partial charge in [0.05, 0.1) is 5.49 Å². The largest absolute Gasteiger partial charge is 0.295 e. The van der Waals surface area contributed by atoms with E-state index >= 15 is 0 Å². The molecule has 114 valence electrons. The van der Waals surface area contributed by atoms with E-state index in [0.29, 0.717) is 5.02 Å². The Morgan fingerprint density at radius 2 is 2.10 bits per heavy atom. The summed E-state index contributed by atoms with van der Waals surface area (Å²) in [5.74, 6) is 0.720. The number of hydrogen-bond acceptors (Lipinski definition) is 5. The second-order valence-electron chi connectivity index (χ2n) is 4.78. The first-order valence-corrected chi connectivity index (χ1v) is 7.88. The maximum absolute atomic E-state index is 6.06. The van der Waals surface area contributed by atoms with Crippen LogP contribution in [0.2, 0.25) is 5.02 Å². The van der Waals surface area contributed by atoms with Gasteiger partial charge in [0, 0.05) is 17.1 Å². The van der Waals surface area contributed by atoms with E-state index in [1.165, 1.54) is 18.3 Å². The predicted molar refractivity (Wildman–Crippen MR) is 90.8 cm³/mol. The number of rotatable bonds is 7. The fourth-order valence-corrected chi connectivity index (χ4v) is 2.44. The Balaban J connectivity index is 2.07. The van der Waals surface area contributed by atoms with Crippen molar-refractivity contribution in [3.05, 3.63) is 34.9 Å². The van der Waals surface area contributed by atoms with Gasteiger partial charge in [0.15, 0.2) is 12.1 Å². The molecule has 21 heavy (non-hydrogen) atoms. The van der Waals surface area contributed by atoms with Gasteiger partial charge in [0.25, 0.3) is 0 Å². The Labute approximate surface area is 135 Å². The van der Waals surface area contributed by atoms with E-state index in [1.54, 1.807) is 10.1 Å². The Hall–Kier alpha value is -1.05. The highest BCUT2D eigenvalue weighted by molar-refractivity contribution is 7.78. The molecule has 0 saturated heterocycles. The number of benzene rings is 1. The van der Waals surface area contributed by atoms with E-state index in [0.717, 1.165) is 24.4 Å². The number of amidine groups is 1. The van der Waals surface area contributed by atoms with Gasteiger partial charge in [0.1, 0.15) is 0 Å². The van der Waals surface area contributed by atoms with Crippen LogP contribution >= 0.6 is 23.8 Å². The second kappa shape index (κ2) is 7.82. The van der Waals surface area contributed by atoms with E-state index in [2.05, 4.69) is 17.3 Å². The van der Waals surface area contributed by atoms with Crippen molar-refractivity contribution in [1.82, 2.24) is 15.6 Å². The highest BCUT2D eigenvalue weighted by Gasteiger charge is 2.31. The molecule has 0 fully saturated rings. The minimum Gasteiger partial charge on any atom is -0.295 e. The lowest BCUT2D eigenvalue weighted by atomic mass is 10.2. The van der Waals surface area contributed by atoms with Crippen LogP contribution in [0, 0.1) is 0 Å². The van der Waals surface area contributed by atoms with Crippen molar-refractivity contribution in [1.29, 1.82) is 0 Å². The number of hydrogen-bond donors (Lipinski definition) is 2. The van der Waals surface area contributed by atoms with Crippen LogP contribution in [-0.2, 0) is 0 Å². The van der Waals surface area contributed by atoms with Gasteiger partial charge in [-0.1, -0.05) is 43.6 Å². The Morgan fingerprint density at radius 1 is 1.38 bits per heavy atom. The third-order valence-electron chi connectivity index (χ3n) is 3.21. The molecule has 1 aliphatic rings. The third kappa shape index (κ3) is 3.99. The highest BCUT2D eigenvalue weighted by Crippen LogP contribution is 2.17. The van der Waals surface area contributed by atoms with Gasteiger partial charge in [-0.25, -0.2) is 15.4 Å². The summed E-state index contributed by atoms with van der Waals surface area (Å²) in [6.45, 7) is 3.01. The van der Waals surface area contributed by atoms with Crippen LogP contribution in [0.15, 0.2) is 29.3 Å². The van der Waals surface area contributed by atoms with Crippen molar-refractivity contribution in [2.24, 2.45) is 10.7 Å². The zero-order valence-electron chi connectivity index (χ0n) is 12.0. The highest BCUT2D eigenvalue weighted by atomic mass is 35.5. The number of nitrogens with zero attached hydrogens (tertiary/aromatic N) is 3. The summed E-state index contributed by atoms with van der Waals surface area (Å²) in [7, 11) is 0. The lowest BCUT2D eigenvalue weighted by Gasteiger charge is -2.29. The fourth-order valence-electron chi connectivity index (χ4n) is 2.11. The van der Waals surface area contributed by atoms with Crippen molar-refractivity contribution >= 4 is 35.1 Å². The van der Waals surface area contributed by atoms with Crippen molar-refractivity contribution in [2.45, 2.75) is 32.5 Å². The molecular formula is C14H20ClN5S. The monoisotopic (exact) mass is 325 g/mol. The molecule has 3 N–H and O–H groups in total. The molecule has 0 bridgehead atoms. The molecule has 1 aromatic carbocycles. The zero-order valence-corrected chi connectivity index (χ0v) is 13.6. The summed E-state index contributed by atoms with van der Waals surface area (Å²) in [5.41, 5.74) is 11.8. The van der Waals surface area contributed by atoms with E-state index in [4.69, 9.17) is 29.6 Å². The molecule has 0 amide bonds. The number of aliphatic imine (C=N–C) groups is 1. The van der Waals surface area contributed by atoms with Gasteiger partial charge in [-0.3, -0.25) is 5.73 Å². The average molecular weight is 326 g/mol. The van der Waals surface area contributed by atoms with Crippen LogP contribution < -0.4 is 11.2 Å². The maximum atomic E-state index is 6.06. The number of halogens is 1. The summed E-state index contributed by atoms with van der Waals surface area (Å²) in [4.78, 5) is 4.46. The third-order valence-corrected chi connectivity index (χ3v) is 3.66. The summed E-state index contributed by atoms with van der Waals surface area (Å²) in [5, 5.41) is 4.20. The molecule has 1 aromatic rings. The lowest BCUT2D eigenvalue weighted by Crippen LogP contribution is -2.55. The van der Waals surface area contributed by atoms with Gasteiger partial charge in [-0.05, 0) is 30.7 Å². The predicted octanol–water partition coefficient (Wildman–Crippen LogP) is 2.51. The van der Waals surface area contributed by atoms with Crippen LogP contribution in [0.25, 0.3) is 0 Å². The van der Waals surface area contributed by atoms with Crippen LogP contribution in [0.3, 0.4) is 0 Å². The first-order chi connectivity index (χ1) is 10.2. The normalized spacial score (nSPS) is 18.9. The number of nitrogens with two attached hydrogens (primary N) is 1. The number of unbranched alkanes of at least 4 members (excludes halogenated alkanes) is 2. The van der Waals surface area contributed by atoms with Gasteiger partial charge >= 0.3 is 0 Å². The topological polar surface area (TPSA) is 56.9 Å². The molecule has 1 atom stereocenters. The number of hydrazine groups is 2. The molecule has 0 saturated carbocycles. The minimum absolute atomic E-state index is 0.489. The first-order valence-electron chi connectivity index (χ1n) is 7.04. The number of nitrogens with one attached hydrogen (secondary N) is 1. The van der Waals surface area contributed by atoms with E-state index in [1.807, 2.05) is 24.3 Å². The van der Waals surface area contributed by atoms with Gasteiger partial charge < -0.3 is 0 Å². The smallest absolute Gasteiger partial charge is 0.187 e. The van der Waals surface area contributed by atoms with Crippen molar-refractivity contribution < 1.29 is 0 Å². The van der Waals surface area contributed by atoms with E-state index < -0.39 is 6.29 Å². The Kier molecular flexibility index (Phi) is 6.08. The Bertz CT molecular complexity index is 505. The molecule has 0 radical (unpaired) electrons. The number of thiocarbonyl (C=S) groups is 1.